The molecular weight excluding hydrogens is 238 g/mol. The molecule has 0 aliphatic rings. The minimum Gasteiger partial charge on any atom is -0.464 e. The third-order valence-corrected chi connectivity index (χ3v) is 3.01. The summed E-state index contributed by atoms with van der Waals surface area (Å²) in [5, 5.41) is 3.15. The van der Waals surface area contributed by atoms with Gasteiger partial charge in [0.25, 0.3) is 0 Å². The van der Waals surface area contributed by atoms with Gasteiger partial charge < -0.3 is 10.1 Å². The lowest BCUT2D eigenvalue weighted by atomic mass is 10.2. The van der Waals surface area contributed by atoms with Crippen LogP contribution < -0.4 is 5.32 Å². The molecule has 1 aromatic heterocycles. The van der Waals surface area contributed by atoms with Crippen molar-refractivity contribution in [2.45, 2.75) is 6.92 Å². The summed E-state index contributed by atoms with van der Waals surface area (Å²) in [6.07, 6.45) is 5.06. The molecule has 0 saturated heterocycles. The average Bonchev–Trinajstić information content (AvgIpc) is 2.36. The Morgan fingerprint density at radius 1 is 1.59 bits per heavy atom. The number of methoxy groups -OCH3 is 1. The number of rotatable bonds is 6. The van der Waals surface area contributed by atoms with Crippen molar-refractivity contribution in [1.82, 2.24) is 9.97 Å². The largest absolute Gasteiger partial charge is 0.464 e. The second-order valence-corrected chi connectivity index (χ2v) is 4.63. The molecule has 0 spiro atoms. The standard InChI is InChI=1S/C11H17N3O2S/c1-8(7-17-3)4-13-10-6-12-5-9(14-10)11(15)16-2/h5-6,8H,4,7H2,1-3H3,(H,13,14). The minimum absolute atomic E-state index is 0.218. The second-order valence-electron chi connectivity index (χ2n) is 3.72. The predicted molar refractivity (Wildman–Crippen MR) is 69.4 cm³/mol. The first kappa shape index (κ1) is 13.8. The van der Waals surface area contributed by atoms with E-state index in [1.165, 1.54) is 13.3 Å². The van der Waals surface area contributed by atoms with Crippen LogP contribution in [-0.2, 0) is 4.74 Å². The monoisotopic (exact) mass is 255 g/mol. The van der Waals surface area contributed by atoms with Crippen LogP contribution in [0.5, 0.6) is 0 Å². The number of aromatic nitrogens is 2. The third kappa shape index (κ3) is 4.60. The zero-order valence-electron chi connectivity index (χ0n) is 10.3. The quantitative estimate of drug-likeness (QED) is 0.780. The van der Waals surface area contributed by atoms with E-state index in [0.29, 0.717) is 11.7 Å². The number of nitrogens with one attached hydrogen (secondary N) is 1. The van der Waals surface area contributed by atoms with E-state index < -0.39 is 5.97 Å². The van der Waals surface area contributed by atoms with Crippen molar-refractivity contribution in [3.05, 3.63) is 18.1 Å². The molecule has 5 nitrogen and oxygen atoms in total. The fourth-order valence-corrected chi connectivity index (χ4v) is 1.96. The van der Waals surface area contributed by atoms with E-state index in [0.717, 1.165) is 12.3 Å². The number of carbonyl (C=O) groups is 1. The zero-order valence-corrected chi connectivity index (χ0v) is 11.1. The Kier molecular flexibility index (Phi) is 5.76. The van der Waals surface area contributed by atoms with Crippen LogP contribution in [0.15, 0.2) is 12.4 Å². The van der Waals surface area contributed by atoms with E-state index in [9.17, 15) is 4.79 Å². The lowest BCUT2D eigenvalue weighted by Crippen LogP contribution is -2.15. The summed E-state index contributed by atoms with van der Waals surface area (Å²) >= 11 is 1.81. The van der Waals surface area contributed by atoms with Gasteiger partial charge in [0.2, 0.25) is 0 Å². The summed E-state index contributed by atoms with van der Waals surface area (Å²) in [6, 6.07) is 0. The normalized spacial score (nSPS) is 11.9. The summed E-state index contributed by atoms with van der Waals surface area (Å²) in [5.41, 5.74) is 0.218. The van der Waals surface area contributed by atoms with Crippen LogP contribution in [0, 0.1) is 5.92 Å². The summed E-state index contributed by atoms with van der Waals surface area (Å²) in [5.74, 6) is 1.74. The van der Waals surface area contributed by atoms with Crippen molar-refractivity contribution in [1.29, 1.82) is 0 Å². The molecule has 1 atom stereocenters. The lowest BCUT2D eigenvalue weighted by Gasteiger charge is -2.11. The number of hydrogen-bond acceptors (Lipinski definition) is 6. The number of carbonyl (C=O) groups excluding carboxylic acids is 1. The van der Waals surface area contributed by atoms with E-state index in [-0.39, 0.29) is 5.69 Å². The van der Waals surface area contributed by atoms with Gasteiger partial charge in [-0.3, -0.25) is 4.98 Å². The fraction of sp³-hybridized carbons (Fsp3) is 0.545. The van der Waals surface area contributed by atoms with Crippen LogP contribution in [0.3, 0.4) is 0 Å². The van der Waals surface area contributed by atoms with Gasteiger partial charge >= 0.3 is 5.97 Å². The van der Waals surface area contributed by atoms with Gasteiger partial charge in [0, 0.05) is 6.54 Å². The Hall–Kier alpha value is -1.30. The van der Waals surface area contributed by atoms with Gasteiger partial charge in [-0.25, -0.2) is 9.78 Å². The maximum atomic E-state index is 11.3. The van der Waals surface area contributed by atoms with Crippen LogP contribution in [-0.4, -0.2) is 41.6 Å². The molecule has 0 bridgehead atoms. The highest BCUT2D eigenvalue weighted by Gasteiger charge is 2.08. The number of hydrogen-bond donors (Lipinski definition) is 1. The van der Waals surface area contributed by atoms with Crippen molar-refractivity contribution in [3.63, 3.8) is 0 Å². The third-order valence-electron chi connectivity index (χ3n) is 2.11. The maximum Gasteiger partial charge on any atom is 0.358 e. The topological polar surface area (TPSA) is 64.1 Å². The first-order valence-electron chi connectivity index (χ1n) is 5.30. The first-order valence-corrected chi connectivity index (χ1v) is 6.70. The number of esters is 1. The number of nitrogens with zero attached hydrogens (tertiary/aromatic N) is 2. The summed E-state index contributed by atoms with van der Waals surface area (Å²) in [7, 11) is 1.32. The van der Waals surface area contributed by atoms with Crippen LogP contribution in [0.4, 0.5) is 5.82 Å². The van der Waals surface area contributed by atoms with Gasteiger partial charge in [0.1, 0.15) is 5.82 Å². The Morgan fingerprint density at radius 3 is 3.00 bits per heavy atom. The first-order chi connectivity index (χ1) is 8.17. The van der Waals surface area contributed by atoms with Crippen molar-refractivity contribution in [3.8, 4) is 0 Å². The van der Waals surface area contributed by atoms with Crippen molar-refractivity contribution >= 4 is 23.5 Å². The van der Waals surface area contributed by atoms with Gasteiger partial charge in [0.15, 0.2) is 5.69 Å². The van der Waals surface area contributed by atoms with E-state index in [4.69, 9.17) is 0 Å². The molecule has 0 fully saturated rings. The minimum atomic E-state index is -0.474. The van der Waals surface area contributed by atoms with Crippen molar-refractivity contribution in [2.24, 2.45) is 5.92 Å². The Morgan fingerprint density at radius 2 is 2.35 bits per heavy atom. The average molecular weight is 255 g/mol. The molecular formula is C11H17N3O2S. The van der Waals surface area contributed by atoms with Crippen molar-refractivity contribution < 1.29 is 9.53 Å². The highest BCUT2D eigenvalue weighted by molar-refractivity contribution is 7.98. The Bertz CT molecular complexity index is 373. The van der Waals surface area contributed by atoms with Gasteiger partial charge in [-0.2, -0.15) is 11.8 Å². The molecule has 1 aromatic rings. The molecule has 1 N–H and O–H groups in total. The van der Waals surface area contributed by atoms with Crippen LogP contribution in [0.25, 0.3) is 0 Å². The molecule has 0 amide bonds. The SMILES string of the molecule is COC(=O)c1cncc(NCC(C)CSC)n1. The molecule has 17 heavy (non-hydrogen) atoms. The molecule has 0 radical (unpaired) electrons. The smallest absolute Gasteiger partial charge is 0.358 e. The summed E-state index contributed by atoms with van der Waals surface area (Å²) < 4.78 is 4.58. The second kappa shape index (κ2) is 7.11. The maximum absolute atomic E-state index is 11.3. The molecule has 0 aliphatic heterocycles. The number of thioether (sulfide) groups is 1. The molecule has 1 unspecified atom stereocenters. The molecule has 0 aliphatic carbocycles. The molecule has 1 heterocycles. The van der Waals surface area contributed by atoms with E-state index in [1.54, 1.807) is 18.0 Å². The number of anilines is 1. The van der Waals surface area contributed by atoms with Crippen LogP contribution >= 0.6 is 11.8 Å². The Labute approximate surface area is 105 Å². The fourth-order valence-electron chi connectivity index (χ4n) is 1.28. The van der Waals surface area contributed by atoms with E-state index >= 15 is 0 Å². The zero-order chi connectivity index (χ0) is 12.7. The van der Waals surface area contributed by atoms with Crippen LogP contribution in [0.2, 0.25) is 0 Å². The van der Waals surface area contributed by atoms with Gasteiger partial charge in [-0.15, -0.1) is 0 Å². The highest BCUT2D eigenvalue weighted by atomic mass is 32.2. The molecule has 94 valence electrons. The number of ether oxygens (including phenoxy) is 1. The summed E-state index contributed by atoms with van der Waals surface area (Å²) in [6.45, 7) is 2.96. The molecule has 6 heteroatoms. The molecule has 0 saturated carbocycles. The van der Waals surface area contributed by atoms with Crippen LogP contribution in [0.1, 0.15) is 17.4 Å². The lowest BCUT2D eigenvalue weighted by molar-refractivity contribution is 0.0593. The van der Waals surface area contributed by atoms with E-state index in [2.05, 4.69) is 33.2 Å². The predicted octanol–water partition coefficient (Wildman–Crippen LogP) is 1.67. The van der Waals surface area contributed by atoms with Gasteiger partial charge in [-0.05, 0) is 17.9 Å². The van der Waals surface area contributed by atoms with Crippen molar-refractivity contribution in [2.75, 3.05) is 31.0 Å². The van der Waals surface area contributed by atoms with Gasteiger partial charge in [0.05, 0.1) is 19.5 Å². The Balaban J connectivity index is 2.57. The van der Waals surface area contributed by atoms with E-state index in [1.807, 2.05) is 0 Å². The molecule has 0 aromatic carbocycles. The summed E-state index contributed by atoms with van der Waals surface area (Å²) in [4.78, 5) is 19.3. The van der Waals surface area contributed by atoms with Gasteiger partial charge in [-0.1, -0.05) is 6.92 Å². The highest BCUT2D eigenvalue weighted by Crippen LogP contribution is 2.07. The molecule has 1 rings (SSSR count).